The minimum absolute atomic E-state index is 0.152. The van der Waals surface area contributed by atoms with Gasteiger partial charge in [0.2, 0.25) is 0 Å². The minimum Gasteiger partial charge on any atom is -0.460 e. The number of nitrogens with zero attached hydrogens (tertiary/aromatic N) is 3. The first-order valence-electron chi connectivity index (χ1n) is 9.54. The lowest BCUT2D eigenvalue weighted by Crippen LogP contribution is -2.40. The molecule has 154 valence electrons. The van der Waals surface area contributed by atoms with E-state index in [1.54, 1.807) is 32.9 Å². The first-order chi connectivity index (χ1) is 12.9. The Kier molecular flexibility index (Phi) is 6.37. The third-order valence-corrected chi connectivity index (χ3v) is 4.28. The molecule has 0 bridgehead atoms. The highest BCUT2D eigenvalue weighted by molar-refractivity contribution is 6.22. The Morgan fingerprint density at radius 1 is 1.14 bits per heavy atom. The van der Waals surface area contributed by atoms with Crippen LogP contribution in [0.2, 0.25) is 0 Å². The molecule has 0 aliphatic carbocycles. The number of hydrogen-bond donors (Lipinski definition) is 0. The van der Waals surface area contributed by atoms with Gasteiger partial charge >= 0.3 is 12.0 Å². The predicted molar refractivity (Wildman–Crippen MR) is 109 cm³/mol. The van der Waals surface area contributed by atoms with Crippen LogP contribution in [0.25, 0.3) is 0 Å². The highest BCUT2D eigenvalue weighted by atomic mass is 16.6. The summed E-state index contributed by atoms with van der Waals surface area (Å²) in [5.41, 5.74) is 0.820. The van der Waals surface area contributed by atoms with Crippen LogP contribution in [0.15, 0.2) is 24.3 Å². The number of carbonyl (C=O) groups excluding carboxylic acids is 3. The molecule has 0 N–H and O–H groups in total. The van der Waals surface area contributed by atoms with Crippen molar-refractivity contribution in [1.29, 1.82) is 0 Å². The molecule has 2 rings (SSSR count). The molecular formula is C21H31N3O4. The van der Waals surface area contributed by atoms with Gasteiger partial charge in [0.15, 0.2) is 0 Å². The Bertz CT molecular complexity index is 735. The fourth-order valence-corrected chi connectivity index (χ4v) is 3.11. The van der Waals surface area contributed by atoms with E-state index in [1.165, 1.54) is 4.90 Å². The number of urea groups is 1. The van der Waals surface area contributed by atoms with Crippen molar-refractivity contribution < 1.29 is 19.1 Å². The smallest absolute Gasteiger partial charge is 0.332 e. The van der Waals surface area contributed by atoms with Crippen molar-refractivity contribution in [3.63, 3.8) is 0 Å². The van der Waals surface area contributed by atoms with Gasteiger partial charge in [0.1, 0.15) is 11.6 Å². The zero-order valence-corrected chi connectivity index (χ0v) is 17.9. The highest BCUT2D eigenvalue weighted by Gasteiger charge is 2.47. The van der Waals surface area contributed by atoms with E-state index in [1.807, 2.05) is 45.0 Å². The zero-order chi connectivity index (χ0) is 21.2. The van der Waals surface area contributed by atoms with Crippen LogP contribution in [0.5, 0.6) is 0 Å². The van der Waals surface area contributed by atoms with Gasteiger partial charge in [0.25, 0.3) is 5.91 Å². The van der Waals surface area contributed by atoms with E-state index in [4.69, 9.17) is 4.74 Å². The molecular weight excluding hydrogens is 358 g/mol. The summed E-state index contributed by atoms with van der Waals surface area (Å²) < 4.78 is 5.37. The maximum atomic E-state index is 13.1. The van der Waals surface area contributed by atoms with Crippen LogP contribution in [-0.2, 0) is 14.3 Å². The van der Waals surface area contributed by atoms with Crippen molar-refractivity contribution >= 4 is 29.3 Å². The van der Waals surface area contributed by atoms with Gasteiger partial charge in [-0.25, -0.2) is 9.69 Å². The molecule has 28 heavy (non-hydrogen) atoms. The lowest BCUT2D eigenvalue weighted by Gasteiger charge is -2.25. The molecule has 1 aliphatic heterocycles. The van der Waals surface area contributed by atoms with E-state index in [9.17, 15) is 14.4 Å². The summed E-state index contributed by atoms with van der Waals surface area (Å²) >= 11 is 0. The molecule has 1 fully saturated rings. The quantitative estimate of drug-likeness (QED) is 0.552. The number of esters is 1. The minimum atomic E-state index is -0.849. The topological polar surface area (TPSA) is 70.2 Å². The number of rotatable bonds is 6. The average Bonchev–Trinajstić information content (AvgIpc) is 2.77. The van der Waals surface area contributed by atoms with Gasteiger partial charge in [-0.2, -0.15) is 0 Å². The molecule has 7 heteroatoms. The number of hydrogen-bond acceptors (Lipinski definition) is 5. The molecule has 0 saturated carbocycles. The lowest BCUT2D eigenvalue weighted by molar-refractivity contribution is -0.156. The van der Waals surface area contributed by atoms with Crippen LogP contribution < -0.4 is 9.80 Å². The zero-order valence-electron chi connectivity index (χ0n) is 17.9. The molecule has 0 aromatic heterocycles. The van der Waals surface area contributed by atoms with Crippen LogP contribution in [0, 0.1) is 5.92 Å². The molecule has 1 aromatic carbocycles. The Balaban J connectivity index is 2.30. The summed E-state index contributed by atoms with van der Waals surface area (Å²) in [4.78, 5) is 43.0. The van der Waals surface area contributed by atoms with Crippen molar-refractivity contribution in [2.45, 2.75) is 52.7 Å². The number of amides is 3. The molecule has 1 aromatic rings. The van der Waals surface area contributed by atoms with Gasteiger partial charge in [-0.05, 0) is 51.0 Å². The van der Waals surface area contributed by atoms with E-state index in [0.29, 0.717) is 12.2 Å². The van der Waals surface area contributed by atoms with Gasteiger partial charge in [-0.15, -0.1) is 0 Å². The summed E-state index contributed by atoms with van der Waals surface area (Å²) in [6, 6.07) is 5.94. The van der Waals surface area contributed by atoms with Crippen molar-refractivity contribution in [2.24, 2.45) is 5.92 Å². The number of benzene rings is 1. The molecule has 1 saturated heterocycles. The van der Waals surface area contributed by atoms with Gasteiger partial charge in [-0.3, -0.25) is 9.59 Å². The molecule has 1 heterocycles. The van der Waals surface area contributed by atoms with E-state index in [2.05, 4.69) is 0 Å². The second-order valence-electron chi connectivity index (χ2n) is 8.72. The van der Waals surface area contributed by atoms with Crippen LogP contribution in [0.3, 0.4) is 0 Å². The fourth-order valence-electron chi connectivity index (χ4n) is 3.11. The van der Waals surface area contributed by atoms with Gasteiger partial charge in [0.05, 0.1) is 12.1 Å². The molecule has 0 spiro atoms. The average molecular weight is 389 g/mol. The Hall–Kier alpha value is -2.57. The molecule has 1 atom stereocenters. The SMILES string of the molecule is CC(C)CN1C(=O)N(c2ccc(N(C)C)cc2)C(=O)[C@@H]1CC(=O)OC(C)(C)C. The summed E-state index contributed by atoms with van der Waals surface area (Å²) in [6.45, 7) is 9.66. The van der Waals surface area contributed by atoms with Crippen molar-refractivity contribution in [1.82, 2.24) is 4.90 Å². The van der Waals surface area contributed by atoms with Gasteiger partial charge in [-0.1, -0.05) is 13.8 Å². The first kappa shape index (κ1) is 21.7. The Morgan fingerprint density at radius 2 is 1.71 bits per heavy atom. The number of carbonyl (C=O) groups is 3. The largest absolute Gasteiger partial charge is 0.460 e. The van der Waals surface area contributed by atoms with Crippen molar-refractivity contribution in [3.8, 4) is 0 Å². The first-order valence-corrected chi connectivity index (χ1v) is 9.54. The monoisotopic (exact) mass is 389 g/mol. The molecule has 0 unspecified atom stereocenters. The fraction of sp³-hybridized carbons (Fsp3) is 0.571. The van der Waals surface area contributed by atoms with Gasteiger partial charge < -0.3 is 14.5 Å². The highest BCUT2D eigenvalue weighted by Crippen LogP contribution is 2.29. The molecule has 0 radical (unpaired) electrons. The van der Waals surface area contributed by atoms with Crippen molar-refractivity contribution in [2.75, 3.05) is 30.4 Å². The third-order valence-electron chi connectivity index (χ3n) is 4.28. The third kappa shape index (κ3) is 5.03. The summed E-state index contributed by atoms with van der Waals surface area (Å²) in [5.74, 6) is -0.722. The number of anilines is 2. The Labute approximate surface area is 167 Å². The van der Waals surface area contributed by atoms with Crippen LogP contribution in [0.4, 0.5) is 16.2 Å². The van der Waals surface area contributed by atoms with E-state index in [0.717, 1.165) is 10.6 Å². The van der Waals surface area contributed by atoms with Crippen molar-refractivity contribution in [3.05, 3.63) is 24.3 Å². The molecule has 7 nitrogen and oxygen atoms in total. The predicted octanol–water partition coefficient (Wildman–Crippen LogP) is 3.28. The summed E-state index contributed by atoms with van der Waals surface area (Å²) in [5, 5.41) is 0. The number of ether oxygens (including phenoxy) is 1. The maximum Gasteiger partial charge on any atom is 0.332 e. The maximum absolute atomic E-state index is 13.1. The van der Waals surface area contributed by atoms with Crippen LogP contribution in [-0.4, -0.2) is 55.1 Å². The second kappa shape index (κ2) is 8.20. The van der Waals surface area contributed by atoms with Crippen LogP contribution >= 0.6 is 0 Å². The van der Waals surface area contributed by atoms with Crippen LogP contribution in [0.1, 0.15) is 41.0 Å². The normalized spacial score (nSPS) is 17.5. The van der Waals surface area contributed by atoms with E-state index >= 15 is 0 Å². The van der Waals surface area contributed by atoms with E-state index < -0.39 is 29.6 Å². The summed E-state index contributed by atoms with van der Waals surface area (Å²) in [7, 11) is 3.84. The van der Waals surface area contributed by atoms with E-state index in [-0.39, 0.29) is 12.3 Å². The number of imide groups is 1. The van der Waals surface area contributed by atoms with Gasteiger partial charge in [0, 0.05) is 26.3 Å². The molecule has 3 amide bonds. The Morgan fingerprint density at radius 3 is 2.18 bits per heavy atom. The second-order valence-corrected chi connectivity index (χ2v) is 8.72. The molecule has 1 aliphatic rings. The lowest BCUT2D eigenvalue weighted by atomic mass is 10.1. The summed E-state index contributed by atoms with van der Waals surface area (Å²) in [6.07, 6.45) is -0.152. The standard InChI is InChI=1S/C21H31N3O4/c1-14(2)13-23-17(12-18(25)28-21(3,4)5)19(26)24(20(23)27)16-10-8-15(9-11-16)22(6)7/h8-11,14,17H,12-13H2,1-7H3/t17-/m0/s1.